The fourth-order valence-electron chi connectivity index (χ4n) is 5.72. The number of para-hydroxylation sites is 3. The molecule has 6 rings (SSSR count). The van der Waals surface area contributed by atoms with Crippen LogP contribution < -0.4 is 14.5 Å². The minimum Gasteiger partial charge on any atom is -0.487 e. The lowest BCUT2D eigenvalue weighted by Crippen LogP contribution is -2.35. The van der Waals surface area contributed by atoms with Crippen LogP contribution in [0.2, 0.25) is 0 Å². The van der Waals surface area contributed by atoms with Gasteiger partial charge in [-0.05, 0) is 61.6 Å². The van der Waals surface area contributed by atoms with Crippen molar-refractivity contribution in [3.63, 3.8) is 0 Å². The minimum absolute atomic E-state index is 0.463. The van der Waals surface area contributed by atoms with E-state index < -0.39 is 0 Å². The number of benzene rings is 3. The van der Waals surface area contributed by atoms with E-state index >= 15 is 0 Å². The molecule has 3 heterocycles. The van der Waals surface area contributed by atoms with Crippen LogP contribution in [-0.4, -0.2) is 43.7 Å². The van der Waals surface area contributed by atoms with Crippen LogP contribution in [0.3, 0.4) is 0 Å². The average molecular weight is 440 g/mol. The van der Waals surface area contributed by atoms with E-state index in [-0.39, 0.29) is 0 Å². The van der Waals surface area contributed by atoms with Crippen LogP contribution in [0.4, 0.5) is 17.1 Å². The molecule has 3 aliphatic heterocycles. The van der Waals surface area contributed by atoms with Crippen molar-refractivity contribution in [2.75, 3.05) is 42.5 Å². The predicted octanol–water partition coefficient (Wildman–Crippen LogP) is 5.63. The zero-order valence-corrected chi connectivity index (χ0v) is 19.3. The second kappa shape index (κ2) is 9.11. The lowest BCUT2D eigenvalue weighted by molar-refractivity contribution is 0.310. The second-order valence-corrected chi connectivity index (χ2v) is 9.61. The fraction of sp³-hybridized carbons (Fsp3) is 0.379. The van der Waals surface area contributed by atoms with Gasteiger partial charge in [0.05, 0.1) is 5.69 Å². The Morgan fingerprint density at radius 3 is 2.55 bits per heavy atom. The van der Waals surface area contributed by atoms with Crippen molar-refractivity contribution in [1.82, 2.24) is 4.90 Å². The highest BCUT2D eigenvalue weighted by molar-refractivity contribution is 5.73. The van der Waals surface area contributed by atoms with E-state index in [1.807, 2.05) is 0 Å². The van der Waals surface area contributed by atoms with E-state index in [1.165, 1.54) is 60.5 Å². The van der Waals surface area contributed by atoms with Crippen molar-refractivity contribution in [3.05, 3.63) is 83.9 Å². The summed E-state index contributed by atoms with van der Waals surface area (Å²) in [5.41, 5.74) is 6.63. The summed E-state index contributed by atoms with van der Waals surface area (Å²) in [5.74, 6) is 0.992. The third kappa shape index (κ3) is 4.20. The maximum absolute atomic E-state index is 6.19. The molecule has 0 aliphatic carbocycles. The molecule has 2 fully saturated rings. The van der Waals surface area contributed by atoms with Gasteiger partial charge >= 0.3 is 0 Å². The Hall–Kier alpha value is -2.98. The topological polar surface area (TPSA) is 19.0 Å². The number of fused-ring (bicyclic) bond motifs is 2. The molecule has 2 saturated heterocycles. The van der Waals surface area contributed by atoms with Gasteiger partial charge < -0.3 is 19.4 Å². The number of ether oxygens (including phenoxy) is 1. The highest BCUT2D eigenvalue weighted by atomic mass is 16.5. The minimum atomic E-state index is 0.463. The van der Waals surface area contributed by atoms with Crippen molar-refractivity contribution in [2.24, 2.45) is 0 Å². The molecule has 4 heteroatoms. The molecule has 0 amide bonds. The molecule has 3 aliphatic rings. The smallest absolute Gasteiger partial charge is 0.143 e. The zero-order chi connectivity index (χ0) is 22.0. The summed E-state index contributed by atoms with van der Waals surface area (Å²) in [4.78, 5) is 7.72. The van der Waals surface area contributed by atoms with Crippen LogP contribution in [-0.2, 0) is 13.0 Å². The number of likely N-dealkylation sites (tertiary alicyclic amines) is 1. The number of anilines is 3. The van der Waals surface area contributed by atoms with Gasteiger partial charge in [-0.1, -0.05) is 42.5 Å². The molecule has 0 saturated carbocycles. The summed E-state index contributed by atoms with van der Waals surface area (Å²) in [6, 6.07) is 26.9. The van der Waals surface area contributed by atoms with Crippen molar-refractivity contribution >= 4 is 17.1 Å². The van der Waals surface area contributed by atoms with E-state index in [1.54, 1.807) is 0 Å². The Morgan fingerprint density at radius 1 is 0.818 bits per heavy atom. The quantitative estimate of drug-likeness (QED) is 0.512. The highest BCUT2D eigenvalue weighted by Gasteiger charge is 2.32. The lowest BCUT2D eigenvalue weighted by Gasteiger charge is -2.32. The van der Waals surface area contributed by atoms with Gasteiger partial charge in [0, 0.05) is 55.7 Å². The van der Waals surface area contributed by atoms with E-state index in [2.05, 4.69) is 87.5 Å². The number of hydrogen-bond donors (Lipinski definition) is 0. The first-order chi connectivity index (χ1) is 16.3. The maximum atomic E-state index is 6.19. The molecular formula is C29H33N3O. The van der Waals surface area contributed by atoms with Gasteiger partial charge in [0.25, 0.3) is 0 Å². The van der Waals surface area contributed by atoms with Gasteiger partial charge in [-0.2, -0.15) is 0 Å². The average Bonchev–Trinajstić information content (AvgIpc) is 3.53. The largest absolute Gasteiger partial charge is 0.487 e. The summed E-state index contributed by atoms with van der Waals surface area (Å²) < 4.78 is 6.19. The predicted molar refractivity (Wildman–Crippen MR) is 136 cm³/mol. The molecule has 170 valence electrons. The SMILES string of the molecule is c1cc(CCN2CC[C@@H](N3c4ccccc4COc4ccccc43)C2)cc(N2CCCC2)c1. The summed E-state index contributed by atoms with van der Waals surface area (Å²) >= 11 is 0. The summed E-state index contributed by atoms with van der Waals surface area (Å²) in [6.45, 7) is 6.41. The van der Waals surface area contributed by atoms with Gasteiger partial charge in [0.2, 0.25) is 0 Å². The molecule has 4 nitrogen and oxygen atoms in total. The second-order valence-electron chi connectivity index (χ2n) is 9.61. The molecule has 1 atom stereocenters. The third-order valence-electron chi connectivity index (χ3n) is 7.47. The van der Waals surface area contributed by atoms with Crippen LogP contribution in [0, 0.1) is 0 Å². The zero-order valence-electron chi connectivity index (χ0n) is 19.3. The van der Waals surface area contributed by atoms with Crippen molar-refractivity contribution in [3.8, 4) is 5.75 Å². The highest BCUT2D eigenvalue weighted by Crippen LogP contribution is 2.42. The van der Waals surface area contributed by atoms with Gasteiger partial charge in [-0.3, -0.25) is 0 Å². The fourth-order valence-corrected chi connectivity index (χ4v) is 5.72. The molecule has 0 spiro atoms. The Bertz CT molecular complexity index is 1060. The number of hydrogen-bond acceptors (Lipinski definition) is 4. The van der Waals surface area contributed by atoms with E-state index in [9.17, 15) is 0 Å². The van der Waals surface area contributed by atoms with Crippen molar-refractivity contribution in [1.29, 1.82) is 0 Å². The van der Waals surface area contributed by atoms with Crippen LogP contribution >= 0.6 is 0 Å². The number of rotatable bonds is 5. The first-order valence-corrected chi connectivity index (χ1v) is 12.5. The van der Waals surface area contributed by atoms with E-state index in [0.717, 1.165) is 31.8 Å². The summed E-state index contributed by atoms with van der Waals surface area (Å²) in [6.07, 6.45) is 4.95. The van der Waals surface area contributed by atoms with Gasteiger partial charge in [-0.15, -0.1) is 0 Å². The standard InChI is InChI=1S/C29H33N3O/c1-2-11-27-24(9-1)22-33-29-13-4-3-12-28(29)32(27)26-15-19-30(21-26)18-14-23-8-7-10-25(20-23)31-16-5-6-17-31/h1-4,7-13,20,26H,5-6,14-19,21-22H2/t26-/m1/s1. The Balaban J connectivity index is 1.17. The van der Waals surface area contributed by atoms with Gasteiger partial charge in [0.15, 0.2) is 0 Å². The van der Waals surface area contributed by atoms with Gasteiger partial charge in [-0.25, -0.2) is 0 Å². The van der Waals surface area contributed by atoms with Crippen molar-refractivity contribution in [2.45, 2.75) is 38.3 Å². The van der Waals surface area contributed by atoms with Crippen LogP contribution in [0.1, 0.15) is 30.4 Å². The Kier molecular flexibility index (Phi) is 5.69. The molecule has 0 N–H and O–H groups in total. The maximum Gasteiger partial charge on any atom is 0.143 e. The monoisotopic (exact) mass is 439 g/mol. The van der Waals surface area contributed by atoms with Crippen LogP contribution in [0.25, 0.3) is 0 Å². The lowest BCUT2D eigenvalue weighted by atomic mass is 10.1. The first kappa shape index (κ1) is 20.6. The first-order valence-electron chi connectivity index (χ1n) is 12.5. The van der Waals surface area contributed by atoms with E-state index in [0.29, 0.717) is 12.6 Å². The normalized spacial score (nSPS) is 20.3. The molecule has 3 aromatic carbocycles. The molecule has 3 aromatic rings. The van der Waals surface area contributed by atoms with E-state index in [4.69, 9.17) is 4.74 Å². The van der Waals surface area contributed by atoms with Crippen LogP contribution in [0.5, 0.6) is 5.75 Å². The molecule has 0 aromatic heterocycles. The van der Waals surface area contributed by atoms with Crippen LogP contribution in [0.15, 0.2) is 72.8 Å². The molecule has 33 heavy (non-hydrogen) atoms. The molecule has 0 bridgehead atoms. The molecule has 0 unspecified atom stereocenters. The van der Waals surface area contributed by atoms with Gasteiger partial charge in [0.1, 0.15) is 12.4 Å². The summed E-state index contributed by atoms with van der Waals surface area (Å²) in [5, 5.41) is 0. The Labute approximate surface area is 197 Å². The number of nitrogens with zero attached hydrogens (tertiary/aromatic N) is 3. The third-order valence-corrected chi connectivity index (χ3v) is 7.47. The van der Waals surface area contributed by atoms with Crippen molar-refractivity contribution < 1.29 is 4.74 Å². The molecule has 0 radical (unpaired) electrons. The Morgan fingerprint density at radius 2 is 1.64 bits per heavy atom. The summed E-state index contributed by atoms with van der Waals surface area (Å²) in [7, 11) is 0. The molecular weight excluding hydrogens is 406 g/mol.